The first kappa shape index (κ1) is 34.2. The van der Waals surface area contributed by atoms with Gasteiger partial charge in [0.1, 0.15) is 23.4 Å². The number of piperazine rings is 1. The van der Waals surface area contributed by atoms with Gasteiger partial charge in [0.05, 0.1) is 25.5 Å². The van der Waals surface area contributed by atoms with E-state index in [1.54, 1.807) is 21.0 Å². The van der Waals surface area contributed by atoms with Crippen molar-refractivity contribution in [3.8, 4) is 11.4 Å². The van der Waals surface area contributed by atoms with Crippen LogP contribution in [0.25, 0.3) is 11.4 Å². The molecule has 0 unspecified atom stereocenters. The van der Waals surface area contributed by atoms with E-state index in [0.29, 0.717) is 24.5 Å². The van der Waals surface area contributed by atoms with Crippen LogP contribution in [0.5, 0.6) is 0 Å². The van der Waals surface area contributed by atoms with Gasteiger partial charge in [-0.15, -0.1) is 0 Å². The molecule has 2 aliphatic heterocycles. The number of anilines is 1. The largest absolute Gasteiger partial charge is 0.465 e. The summed E-state index contributed by atoms with van der Waals surface area (Å²) in [5.74, 6) is -0.891. The van der Waals surface area contributed by atoms with Crippen LogP contribution in [-0.2, 0) is 23.1 Å². The maximum Gasteiger partial charge on any atom is 0.407 e. The van der Waals surface area contributed by atoms with Crippen LogP contribution < -0.4 is 10.2 Å². The van der Waals surface area contributed by atoms with Crippen molar-refractivity contribution < 1.29 is 42.2 Å². The molecule has 2 saturated heterocycles. The molecule has 2 N–H and O–H groups in total. The van der Waals surface area contributed by atoms with Crippen molar-refractivity contribution >= 4 is 31.3 Å². The Balaban J connectivity index is 1.62. The summed E-state index contributed by atoms with van der Waals surface area (Å²) in [6.45, 7) is 5.31. The highest BCUT2D eigenvalue weighted by Gasteiger charge is 2.34. The van der Waals surface area contributed by atoms with Crippen LogP contribution in [0.3, 0.4) is 0 Å². The van der Waals surface area contributed by atoms with Crippen LogP contribution in [0, 0.1) is 5.82 Å². The number of nitrogens with one attached hydrogen (secondary N) is 1. The molecule has 1 aromatic carbocycles. The minimum atomic E-state index is -3.56. The minimum Gasteiger partial charge on any atom is -0.465 e. The van der Waals surface area contributed by atoms with Crippen molar-refractivity contribution in [2.75, 3.05) is 70.7 Å². The fourth-order valence-corrected chi connectivity index (χ4v) is 6.94. The van der Waals surface area contributed by atoms with Gasteiger partial charge in [0.2, 0.25) is 5.91 Å². The Bertz CT molecular complexity index is 1380. The first-order valence-electron chi connectivity index (χ1n) is 14.9. The minimum absolute atomic E-state index is 0.0125. The standard InChI is InChI=1S/C29H40FN6O8P/c1-4-43-45(41,44-5-2)17-11-23(28(38)34-13-15-35(16-14-34)29(39)40)32-27(37)24-18-25(36-12-10-22(19-36)42-3)33-26(31-24)20-6-8-21(30)9-7-20/h6-9,18,22-23H,4-5,10-17,19H2,1-3H3,(H,32,37)(H,39,40)/t22-,23-/m0/s1. The molecule has 0 aliphatic carbocycles. The topological polar surface area (TPSA) is 164 Å². The van der Waals surface area contributed by atoms with E-state index in [-0.39, 0.29) is 69.6 Å². The number of hydrogen-bond acceptors (Lipinski definition) is 10. The summed E-state index contributed by atoms with van der Waals surface area (Å²) in [7, 11) is -1.93. The van der Waals surface area contributed by atoms with Crippen LogP contribution in [0.4, 0.5) is 15.0 Å². The molecule has 246 valence electrons. The van der Waals surface area contributed by atoms with E-state index in [2.05, 4.69) is 15.3 Å². The summed E-state index contributed by atoms with van der Waals surface area (Å²) in [5.41, 5.74) is 0.472. The zero-order chi connectivity index (χ0) is 32.6. The highest BCUT2D eigenvalue weighted by Crippen LogP contribution is 2.48. The van der Waals surface area contributed by atoms with Crippen molar-refractivity contribution in [2.24, 2.45) is 0 Å². The van der Waals surface area contributed by atoms with Crippen LogP contribution in [0.2, 0.25) is 0 Å². The van der Waals surface area contributed by atoms with Crippen molar-refractivity contribution in [1.29, 1.82) is 0 Å². The van der Waals surface area contributed by atoms with Gasteiger partial charge < -0.3 is 38.9 Å². The highest BCUT2D eigenvalue weighted by atomic mass is 31.2. The molecular weight excluding hydrogens is 610 g/mol. The number of halogens is 1. The molecule has 14 nitrogen and oxygen atoms in total. The molecule has 0 bridgehead atoms. The lowest BCUT2D eigenvalue weighted by molar-refractivity contribution is -0.134. The van der Waals surface area contributed by atoms with E-state index >= 15 is 0 Å². The third kappa shape index (κ3) is 8.97. The van der Waals surface area contributed by atoms with Crippen molar-refractivity contribution in [1.82, 2.24) is 25.1 Å². The summed E-state index contributed by atoms with van der Waals surface area (Å²) in [6, 6.07) is 5.96. The maximum absolute atomic E-state index is 13.8. The second kappa shape index (κ2) is 15.6. The average molecular weight is 651 g/mol. The van der Waals surface area contributed by atoms with Crippen molar-refractivity contribution in [3.63, 3.8) is 0 Å². The predicted molar refractivity (Wildman–Crippen MR) is 163 cm³/mol. The van der Waals surface area contributed by atoms with Gasteiger partial charge in [-0.1, -0.05) is 0 Å². The highest BCUT2D eigenvalue weighted by molar-refractivity contribution is 7.53. The Kier molecular flexibility index (Phi) is 11.8. The first-order valence-corrected chi connectivity index (χ1v) is 16.7. The van der Waals surface area contributed by atoms with Gasteiger partial charge in [0.15, 0.2) is 5.82 Å². The molecule has 2 aliphatic rings. The molecule has 2 atom stereocenters. The molecule has 1 aromatic heterocycles. The number of benzene rings is 1. The summed E-state index contributed by atoms with van der Waals surface area (Å²) >= 11 is 0. The van der Waals surface area contributed by atoms with Gasteiger partial charge in [-0.25, -0.2) is 19.2 Å². The monoisotopic (exact) mass is 650 g/mol. The Morgan fingerprint density at radius 3 is 2.27 bits per heavy atom. The number of methoxy groups -OCH3 is 1. The lowest BCUT2D eigenvalue weighted by Gasteiger charge is -2.35. The molecule has 3 heterocycles. The number of rotatable bonds is 13. The summed E-state index contributed by atoms with van der Waals surface area (Å²) < 4.78 is 43.2. The van der Waals surface area contributed by atoms with Gasteiger partial charge >= 0.3 is 13.7 Å². The molecule has 2 aromatic rings. The Hall–Kier alpha value is -3.65. The Labute approximate surface area is 261 Å². The smallest absolute Gasteiger partial charge is 0.407 e. The van der Waals surface area contributed by atoms with Crippen LogP contribution in [-0.4, -0.2) is 121 Å². The molecule has 0 radical (unpaired) electrons. The van der Waals surface area contributed by atoms with Crippen LogP contribution in [0.15, 0.2) is 30.3 Å². The summed E-state index contributed by atoms with van der Waals surface area (Å²) in [6.07, 6.45) is -0.526. The Morgan fingerprint density at radius 2 is 1.69 bits per heavy atom. The van der Waals surface area contributed by atoms with Crippen molar-refractivity contribution in [2.45, 2.75) is 38.8 Å². The number of nitrogens with zero attached hydrogens (tertiary/aromatic N) is 5. The molecule has 4 rings (SSSR count). The second-order valence-electron chi connectivity index (χ2n) is 10.6. The van der Waals surface area contributed by atoms with Crippen molar-refractivity contribution in [3.05, 3.63) is 41.8 Å². The van der Waals surface area contributed by atoms with Gasteiger partial charge in [0, 0.05) is 58.0 Å². The van der Waals surface area contributed by atoms with Gasteiger partial charge in [-0.2, -0.15) is 0 Å². The van der Waals surface area contributed by atoms with E-state index in [9.17, 15) is 28.4 Å². The zero-order valence-corrected chi connectivity index (χ0v) is 26.6. The average Bonchev–Trinajstić information content (AvgIpc) is 3.53. The third-order valence-corrected chi connectivity index (χ3v) is 9.77. The van der Waals surface area contributed by atoms with Crippen LogP contribution >= 0.6 is 7.60 Å². The molecule has 16 heteroatoms. The Morgan fingerprint density at radius 1 is 1.04 bits per heavy atom. The number of carbonyl (C=O) groups excluding carboxylic acids is 2. The molecular formula is C29H40FN6O8P. The predicted octanol–water partition coefficient (Wildman–Crippen LogP) is 3.08. The number of hydrogen-bond donors (Lipinski definition) is 2. The van der Waals surface area contributed by atoms with E-state index < -0.39 is 37.4 Å². The van der Waals surface area contributed by atoms with Gasteiger partial charge in [0.25, 0.3) is 5.91 Å². The van der Waals surface area contributed by atoms with Gasteiger partial charge in [-0.3, -0.25) is 14.2 Å². The number of ether oxygens (including phenoxy) is 1. The quantitative estimate of drug-likeness (QED) is 0.306. The normalized spacial score (nSPS) is 17.8. The van der Waals surface area contributed by atoms with E-state index in [4.69, 9.17) is 13.8 Å². The number of carbonyl (C=O) groups is 3. The SMILES string of the molecule is CCOP(=O)(CC[C@H](NC(=O)c1cc(N2CC[C@H](OC)C2)nc(-c2ccc(F)cc2)n1)C(=O)N1CCN(C(=O)O)CC1)OCC. The molecule has 0 spiro atoms. The van der Waals surface area contributed by atoms with E-state index in [1.165, 1.54) is 40.1 Å². The lowest BCUT2D eigenvalue weighted by Crippen LogP contribution is -2.56. The fourth-order valence-electron chi connectivity index (χ4n) is 5.24. The molecule has 0 saturated carbocycles. The van der Waals surface area contributed by atoms with E-state index in [1.807, 2.05) is 4.90 Å². The number of aromatic nitrogens is 2. The zero-order valence-electron chi connectivity index (χ0n) is 25.7. The molecule has 2 fully saturated rings. The summed E-state index contributed by atoms with van der Waals surface area (Å²) in [4.78, 5) is 52.6. The summed E-state index contributed by atoms with van der Waals surface area (Å²) in [5, 5.41) is 12.1. The molecule has 45 heavy (non-hydrogen) atoms. The molecule has 3 amide bonds. The number of amides is 3. The fraction of sp³-hybridized carbons (Fsp3) is 0.552. The van der Waals surface area contributed by atoms with E-state index in [0.717, 1.165) is 6.42 Å². The number of carboxylic acid groups (broad SMARTS) is 1. The van der Waals surface area contributed by atoms with Crippen LogP contribution in [0.1, 0.15) is 37.2 Å². The van der Waals surface area contributed by atoms with Gasteiger partial charge in [-0.05, 0) is 51.0 Å². The first-order chi connectivity index (χ1) is 21.6. The third-order valence-electron chi connectivity index (χ3n) is 7.66. The maximum atomic E-state index is 13.8. The lowest BCUT2D eigenvalue weighted by atomic mass is 10.1. The second-order valence-corrected chi connectivity index (χ2v) is 12.8.